The summed E-state index contributed by atoms with van der Waals surface area (Å²) in [6.45, 7) is 7.68. The zero-order valence-electron chi connectivity index (χ0n) is 27.9. The zero-order chi connectivity index (χ0) is 33.4. The summed E-state index contributed by atoms with van der Waals surface area (Å²) in [6, 6.07) is 3.50. The largest absolute Gasteiger partial charge is 0.343 e. The van der Waals surface area contributed by atoms with Gasteiger partial charge in [-0.25, -0.2) is 13.6 Å². The summed E-state index contributed by atoms with van der Waals surface area (Å²) in [5.41, 5.74) is 4.97. The highest BCUT2D eigenvalue weighted by Crippen LogP contribution is 2.43. The topological polar surface area (TPSA) is 107 Å². The smallest absolute Gasteiger partial charge is 0.317 e. The van der Waals surface area contributed by atoms with Gasteiger partial charge < -0.3 is 30.2 Å². The van der Waals surface area contributed by atoms with E-state index in [1.54, 1.807) is 42.1 Å². The maximum atomic E-state index is 14.6. The van der Waals surface area contributed by atoms with Crippen LogP contribution in [0.3, 0.4) is 0 Å². The van der Waals surface area contributed by atoms with Crippen molar-refractivity contribution in [2.24, 2.45) is 7.05 Å². The van der Waals surface area contributed by atoms with Gasteiger partial charge in [0.05, 0.1) is 18.8 Å². The highest BCUT2D eigenvalue weighted by atomic mass is 19.3. The number of anilines is 2. The Morgan fingerprint density at radius 3 is 2.54 bits per heavy atom. The first-order valence-electron chi connectivity index (χ1n) is 17.3. The first kappa shape index (κ1) is 32.5. The second kappa shape index (κ2) is 13.8. The molecule has 2 N–H and O–H groups in total. The lowest BCUT2D eigenvalue weighted by Crippen LogP contribution is -2.45. The average Bonchev–Trinajstić information content (AvgIpc) is 3.73. The predicted octanol–water partition coefficient (Wildman–Crippen LogP) is 3.46. The van der Waals surface area contributed by atoms with E-state index in [2.05, 4.69) is 30.2 Å². The zero-order valence-corrected chi connectivity index (χ0v) is 27.9. The Hall–Kier alpha value is -4.04. The average molecular weight is 665 g/mol. The van der Waals surface area contributed by atoms with Crippen LogP contribution in [0.15, 0.2) is 24.5 Å². The molecule has 0 atom stereocenters. The van der Waals surface area contributed by atoms with Crippen molar-refractivity contribution >= 4 is 23.4 Å². The van der Waals surface area contributed by atoms with E-state index in [1.165, 1.54) is 0 Å². The van der Waals surface area contributed by atoms with E-state index in [4.69, 9.17) is 5.10 Å². The van der Waals surface area contributed by atoms with Gasteiger partial charge in [0, 0.05) is 120 Å². The van der Waals surface area contributed by atoms with Crippen LogP contribution in [-0.2, 0) is 31.2 Å². The number of nitrogens with zero attached hydrogens (tertiary/aromatic N) is 8. The Balaban J connectivity index is 1.17. The third-order valence-corrected chi connectivity index (χ3v) is 10.5. The normalized spacial score (nSPS) is 19.1. The number of hydrogen-bond donors (Lipinski definition) is 2. The highest BCUT2D eigenvalue weighted by Gasteiger charge is 2.35. The van der Waals surface area contributed by atoms with Crippen LogP contribution in [0, 0.1) is 0 Å². The molecule has 3 amide bonds. The molecule has 0 aliphatic carbocycles. The Morgan fingerprint density at radius 1 is 1.04 bits per heavy atom. The van der Waals surface area contributed by atoms with Crippen molar-refractivity contribution in [3.8, 4) is 11.1 Å². The van der Waals surface area contributed by atoms with Crippen LogP contribution < -0.4 is 15.5 Å². The number of piperazine rings is 1. The van der Waals surface area contributed by atoms with E-state index < -0.39 is 6.43 Å². The minimum Gasteiger partial charge on any atom is -0.343 e. The summed E-state index contributed by atoms with van der Waals surface area (Å²) < 4.78 is 33.0. The number of alkyl halides is 2. The van der Waals surface area contributed by atoms with Crippen LogP contribution in [0.2, 0.25) is 0 Å². The third kappa shape index (κ3) is 6.39. The molecule has 12 nitrogen and oxygen atoms in total. The molecule has 7 rings (SSSR count). The van der Waals surface area contributed by atoms with Gasteiger partial charge in [-0.05, 0) is 48.9 Å². The molecule has 0 bridgehead atoms. The number of halogens is 2. The van der Waals surface area contributed by atoms with Gasteiger partial charge in [-0.2, -0.15) is 10.2 Å². The number of fused-ring (bicyclic) bond motifs is 2. The summed E-state index contributed by atoms with van der Waals surface area (Å²) in [6.07, 6.45) is 5.16. The molecule has 2 aromatic heterocycles. The summed E-state index contributed by atoms with van der Waals surface area (Å²) in [5, 5.41) is 15.6. The Bertz CT molecular complexity index is 1640. The number of carbonyl (C=O) groups excluding carboxylic acids is 2. The number of benzene rings is 1. The van der Waals surface area contributed by atoms with E-state index in [1.807, 2.05) is 11.0 Å². The van der Waals surface area contributed by atoms with Gasteiger partial charge in [0.2, 0.25) is 5.91 Å². The number of carbonyl (C=O) groups is 2. The standard InChI is InChI=1S/C34H46F2N10O2/c1-37-34(48)44-15-7-29-28(22-44)33(40-46(29)25-5-13-43(14-6-25)31(47)8-12-42-16-9-38-10-17-42)45-11-3-4-23-18-26(24-20-39-41(2)21-24)27(32(35)36)19-30(23)45/h18-21,25,32,38H,3-17,22H2,1-2H3,(H,37,48). The first-order valence-corrected chi connectivity index (χ1v) is 17.3. The number of likely N-dealkylation sites (tertiary alicyclic amines) is 1. The van der Waals surface area contributed by atoms with Crippen LogP contribution in [0.5, 0.6) is 0 Å². The Morgan fingerprint density at radius 2 is 1.83 bits per heavy atom. The second-order valence-electron chi connectivity index (χ2n) is 13.4. The molecule has 0 spiro atoms. The summed E-state index contributed by atoms with van der Waals surface area (Å²) in [7, 11) is 3.41. The molecular formula is C34H46F2N10O2. The van der Waals surface area contributed by atoms with Gasteiger partial charge in [0.15, 0.2) is 5.82 Å². The van der Waals surface area contributed by atoms with E-state index in [0.717, 1.165) is 86.7 Å². The monoisotopic (exact) mass is 664 g/mol. The van der Waals surface area contributed by atoms with E-state index in [-0.39, 0.29) is 23.5 Å². The number of piperidine rings is 1. The van der Waals surface area contributed by atoms with Crippen molar-refractivity contribution in [3.63, 3.8) is 0 Å². The molecule has 4 aliphatic rings. The van der Waals surface area contributed by atoms with E-state index in [0.29, 0.717) is 56.7 Å². The molecule has 0 radical (unpaired) electrons. The summed E-state index contributed by atoms with van der Waals surface area (Å²) in [5.74, 6) is 0.949. The van der Waals surface area contributed by atoms with Crippen LogP contribution in [-0.4, -0.2) is 112 Å². The van der Waals surface area contributed by atoms with Gasteiger partial charge in [-0.3, -0.25) is 14.2 Å². The predicted molar refractivity (Wildman–Crippen MR) is 179 cm³/mol. The molecular weight excluding hydrogens is 618 g/mol. The van der Waals surface area contributed by atoms with Gasteiger partial charge in [0.1, 0.15) is 0 Å². The van der Waals surface area contributed by atoms with Crippen molar-refractivity contribution in [3.05, 3.63) is 46.9 Å². The summed E-state index contributed by atoms with van der Waals surface area (Å²) in [4.78, 5) is 34.1. The fraction of sp³-hybridized carbons (Fsp3) is 0.588. The summed E-state index contributed by atoms with van der Waals surface area (Å²) >= 11 is 0. The number of aromatic nitrogens is 4. The molecule has 14 heteroatoms. The number of rotatable bonds is 7. The molecule has 2 saturated heterocycles. The molecule has 6 heterocycles. The molecule has 1 aromatic carbocycles. The maximum Gasteiger partial charge on any atom is 0.317 e. The lowest BCUT2D eigenvalue weighted by Gasteiger charge is -2.34. The van der Waals surface area contributed by atoms with E-state index in [9.17, 15) is 18.4 Å². The third-order valence-electron chi connectivity index (χ3n) is 10.5. The molecule has 0 unspecified atom stereocenters. The lowest BCUT2D eigenvalue weighted by atomic mass is 9.92. The lowest BCUT2D eigenvalue weighted by molar-refractivity contribution is -0.132. The highest BCUT2D eigenvalue weighted by molar-refractivity contribution is 5.78. The minimum atomic E-state index is -2.66. The van der Waals surface area contributed by atoms with Crippen molar-refractivity contribution in [2.45, 2.75) is 57.5 Å². The fourth-order valence-corrected chi connectivity index (χ4v) is 7.84. The number of amides is 3. The molecule has 2 fully saturated rings. The quantitative estimate of drug-likeness (QED) is 0.399. The number of hydrogen-bond acceptors (Lipinski definition) is 7. The number of aryl methyl sites for hydroxylation is 2. The Labute approximate surface area is 280 Å². The molecule has 4 aliphatic heterocycles. The fourth-order valence-electron chi connectivity index (χ4n) is 7.84. The molecule has 258 valence electrons. The molecule has 0 saturated carbocycles. The minimum absolute atomic E-state index is 0.0251. The van der Waals surface area contributed by atoms with Crippen molar-refractivity contribution in [1.82, 2.24) is 44.9 Å². The van der Waals surface area contributed by atoms with Gasteiger partial charge >= 0.3 is 6.03 Å². The van der Waals surface area contributed by atoms with Gasteiger partial charge in [-0.15, -0.1) is 0 Å². The van der Waals surface area contributed by atoms with Crippen molar-refractivity contribution in [1.29, 1.82) is 0 Å². The molecule has 3 aromatic rings. The molecule has 48 heavy (non-hydrogen) atoms. The van der Waals surface area contributed by atoms with Crippen LogP contribution in [0.25, 0.3) is 11.1 Å². The van der Waals surface area contributed by atoms with E-state index >= 15 is 0 Å². The van der Waals surface area contributed by atoms with Crippen LogP contribution in [0.4, 0.5) is 25.1 Å². The SMILES string of the molecule is CNC(=O)N1CCc2c(c(N3CCCc4cc(-c5cnn(C)c5)c(C(F)F)cc43)nn2C2CCN(C(=O)CCN3CCNCC3)CC2)C1. The van der Waals surface area contributed by atoms with Crippen LogP contribution in [0.1, 0.15) is 60.5 Å². The maximum absolute atomic E-state index is 14.6. The number of nitrogens with one attached hydrogen (secondary N) is 2. The first-order chi connectivity index (χ1) is 23.3. The van der Waals surface area contributed by atoms with Crippen molar-refractivity contribution in [2.75, 3.05) is 70.9 Å². The van der Waals surface area contributed by atoms with Crippen LogP contribution >= 0.6 is 0 Å². The van der Waals surface area contributed by atoms with Gasteiger partial charge in [0.25, 0.3) is 6.43 Å². The van der Waals surface area contributed by atoms with Crippen molar-refractivity contribution < 1.29 is 18.4 Å². The second-order valence-corrected chi connectivity index (χ2v) is 13.4. The van der Waals surface area contributed by atoms with Gasteiger partial charge in [-0.1, -0.05) is 0 Å². The Kier molecular flexibility index (Phi) is 9.36. The number of urea groups is 1.